The first-order chi connectivity index (χ1) is 12.5. The number of nitriles is 1. The van der Waals surface area contributed by atoms with Gasteiger partial charge in [-0.1, -0.05) is 24.3 Å². The highest BCUT2D eigenvalue weighted by Gasteiger charge is 2.24. The van der Waals surface area contributed by atoms with Crippen LogP contribution < -0.4 is 0 Å². The number of Topliss-reactive ketones (excluding diaryl/α,β-unsaturated/α-hetero) is 1. The minimum absolute atomic E-state index is 0.171. The van der Waals surface area contributed by atoms with Crippen molar-refractivity contribution in [3.05, 3.63) is 58.7 Å². The molecule has 2 heterocycles. The van der Waals surface area contributed by atoms with E-state index in [-0.39, 0.29) is 11.7 Å². The first-order valence-electron chi connectivity index (χ1n) is 8.60. The van der Waals surface area contributed by atoms with Crippen LogP contribution in [0.3, 0.4) is 0 Å². The minimum Gasteiger partial charge on any atom is -0.338 e. The Bertz CT molecular complexity index is 863. The van der Waals surface area contributed by atoms with Crippen LogP contribution in [0.4, 0.5) is 0 Å². The average Bonchev–Trinajstić information content (AvgIpc) is 3.00. The fourth-order valence-electron chi connectivity index (χ4n) is 3.19. The lowest BCUT2D eigenvalue weighted by Crippen LogP contribution is -2.23. The van der Waals surface area contributed by atoms with E-state index in [1.165, 1.54) is 0 Å². The second-order valence-electron chi connectivity index (χ2n) is 6.52. The van der Waals surface area contributed by atoms with Gasteiger partial charge in [0.1, 0.15) is 5.82 Å². The van der Waals surface area contributed by atoms with Crippen LogP contribution in [0.5, 0.6) is 0 Å². The zero-order chi connectivity index (χ0) is 18.7. The van der Waals surface area contributed by atoms with Crippen LogP contribution in [0.25, 0.3) is 0 Å². The molecule has 1 unspecified atom stereocenters. The van der Waals surface area contributed by atoms with E-state index in [1.54, 1.807) is 25.1 Å². The predicted octanol–water partition coefficient (Wildman–Crippen LogP) is 2.71. The largest absolute Gasteiger partial charge is 0.338 e. The quantitative estimate of drug-likeness (QED) is 0.775. The molecule has 3 rings (SSSR count). The lowest BCUT2D eigenvalue weighted by molar-refractivity contribution is -0.128. The van der Waals surface area contributed by atoms with Crippen molar-refractivity contribution >= 4 is 11.7 Å². The number of carbonyl (C=O) groups excluding carboxylic acids is 2. The first-order valence-corrected chi connectivity index (χ1v) is 8.60. The fourth-order valence-corrected chi connectivity index (χ4v) is 3.19. The number of ketones is 1. The van der Waals surface area contributed by atoms with Gasteiger partial charge in [0.2, 0.25) is 5.91 Å². The van der Waals surface area contributed by atoms with Crippen molar-refractivity contribution in [3.8, 4) is 6.07 Å². The van der Waals surface area contributed by atoms with E-state index < -0.39 is 5.92 Å². The van der Waals surface area contributed by atoms with E-state index in [9.17, 15) is 14.9 Å². The summed E-state index contributed by atoms with van der Waals surface area (Å²) >= 11 is 0. The van der Waals surface area contributed by atoms with E-state index in [0.717, 1.165) is 24.2 Å². The predicted molar refractivity (Wildman–Crippen MR) is 95.3 cm³/mol. The van der Waals surface area contributed by atoms with Crippen LogP contribution in [-0.2, 0) is 11.3 Å². The molecule has 1 saturated heterocycles. The number of amides is 1. The highest BCUT2D eigenvalue weighted by atomic mass is 16.2. The van der Waals surface area contributed by atoms with Gasteiger partial charge in [0.15, 0.2) is 11.7 Å². The van der Waals surface area contributed by atoms with Gasteiger partial charge in [-0.05, 0) is 31.9 Å². The fraction of sp³-hybridized carbons (Fsp3) is 0.350. The SMILES string of the molecule is Cc1cc(C(C#N)C(=O)c2ccc(CN3CCCC3=O)cc2)nc(C)n1. The summed E-state index contributed by atoms with van der Waals surface area (Å²) in [5.41, 5.74) is 2.58. The molecule has 0 spiro atoms. The molecule has 132 valence electrons. The Balaban J connectivity index is 1.78. The lowest BCUT2D eigenvalue weighted by atomic mass is 9.94. The normalized spacial score (nSPS) is 15.0. The monoisotopic (exact) mass is 348 g/mol. The Hall–Kier alpha value is -3.07. The highest BCUT2D eigenvalue weighted by molar-refractivity contribution is 6.02. The van der Waals surface area contributed by atoms with Gasteiger partial charge >= 0.3 is 0 Å². The van der Waals surface area contributed by atoms with Gasteiger partial charge in [-0.2, -0.15) is 5.26 Å². The first kappa shape index (κ1) is 17.7. The molecule has 0 bridgehead atoms. The number of benzene rings is 1. The number of aromatic nitrogens is 2. The van der Waals surface area contributed by atoms with Crippen molar-refractivity contribution in [3.63, 3.8) is 0 Å². The van der Waals surface area contributed by atoms with E-state index in [1.807, 2.05) is 24.0 Å². The van der Waals surface area contributed by atoms with Crippen LogP contribution in [0.2, 0.25) is 0 Å². The maximum absolute atomic E-state index is 12.8. The molecule has 6 heteroatoms. The summed E-state index contributed by atoms with van der Waals surface area (Å²) in [5.74, 6) is -0.530. The van der Waals surface area contributed by atoms with E-state index >= 15 is 0 Å². The maximum Gasteiger partial charge on any atom is 0.222 e. The van der Waals surface area contributed by atoms with Crippen LogP contribution in [0.15, 0.2) is 30.3 Å². The summed E-state index contributed by atoms with van der Waals surface area (Å²) in [5, 5.41) is 9.49. The van der Waals surface area contributed by atoms with E-state index in [2.05, 4.69) is 16.0 Å². The Labute approximate surface area is 152 Å². The number of hydrogen-bond donors (Lipinski definition) is 0. The number of aryl methyl sites for hydroxylation is 2. The summed E-state index contributed by atoms with van der Waals surface area (Å²) in [6.07, 6.45) is 1.51. The van der Waals surface area contributed by atoms with Gasteiger partial charge in [0.05, 0.1) is 11.8 Å². The Morgan fingerprint density at radius 2 is 2.00 bits per heavy atom. The van der Waals surface area contributed by atoms with Crippen LogP contribution in [0.1, 0.15) is 51.9 Å². The molecule has 1 aliphatic rings. The third-order valence-corrected chi connectivity index (χ3v) is 4.46. The zero-order valence-electron chi connectivity index (χ0n) is 14.9. The third kappa shape index (κ3) is 3.77. The van der Waals surface area contributed by atoms with Crippen molar-refractivity contribution in [2.24, 2.45) is 0 Å². The average molecular weight is 348 g/mol. The standard InChI is InChI=1S/C20H20N4O2/c1-13-10-18(23-14(2)22-13)17(11-21)20(26)16-7-5-15(6-8-16)12-24-9-3-4-19(24)25/h5-8,10,17H,3-4,9,12H2,1-2H3. The van der Waals surface area contributed by atoms with Crippen molar-refractivity contribution in [2.45, 2.75) is 39.2 Å². The Morgan fingerprint density at radius 3 is 2.58 bits per heavy atom. The summed E-state index contributed by atoms with van der Waals surface area (Å²) in [7, 11) is 0. The maximum atomic E-state index is 12.8. The molecule has 0 saturated carbocycles. The second kappa shape index (κ2) is 7.44. The molecule has 1 aliphatic heterocycles. The van der Waals surface area contributed by atoms with Crippen molar-refractivity contribution in [2.75, 3.05) is 6.54 Å². The van der Waals surface area contributed by atoms with Crippen molar-refractivity contribution < 1.29 is 9.59 Å². The van der Waals surface area contributed by atoms with Gasteiger partial charge in [-0.3, -0.25) is 9.59 Å². The van der Waals surface area contributed by atoms with E-state index in [0.29, 0.717) is 30.0 Å². The van der Waals surface area contributed by atoms with Gasteiger partial charge in [0.25, 0.3) is 0 Å². The molecule has 0 N–H and O–H groups in total. The van der Waals surface area contributed by atoms with Gasteiger partial charge in [-0.25, -0.2) is 9.97 Å². The molecule has 1 fully saturated rings. The molecular weight excluding hydrogens is 328 g/mol. The highest BCUT2D eigenvalue weighted by Crippen LogP contribution is 2.21. The van der Waals surface area contributed by atoms with Crippen molar-refractivity contribution in [1.82, 2.24) is 14.9 Å². The topological polar surface area (TPSA) is 87.0 Å². The van der Waals surface area contributed by atoms with Crippen LogP contribution in [0, 0.1) is 25.2 Å². The zero-order valence-corrected chi connectivity index (χ0v) is 14.9. The number of nitrogens with zero attached hydrogens (tertiary/aromatic N) is 4. The molecule has 0 aliphatic carbocycles. The summed E-state index contributed by atoms with van der Waals surface area (Å²) in [4.78, 5) is 34.7. The summed E-state index contributed by atoms with van der Waals surface area (Å²) in [6, 6.07) is 10.8. The number of likely N-dealkylation sites (tertiary alicyclic amines) is 1. The van der Waals surface area contributed by atoms with Gasteiger partial charge in [-0.15, -0.1) is 0 Å². The molecule has 1 atom stereocenters. The smallest absolute Gasteiger partial charge is 0.222 e. The molecule has 2 aromatic rings. The summed E-state index contributed by atoms with van der Waals surface area (Å²) < 4.78 is 0. The van der Waals surface area contributed by atoms with Gasteiger partial charge < -0.3 is 4.90 Å². The number of rotatable bonds is 5. The lowest BCUT2D eigenvalue weighted by Gasteiger charge is -2.15. The Kier molecular flexibility index (Phi) is 5.08. The molecule has 6 nitrogen and oxygen atoms in total. The molecule has 1 aromatic heterocycles. The second-order valence-corrected chi connectivity index (χ2v) is 6.52. The number of carbonyl (C=O) groups is 2. The molecule has 1 amide bonds. The number of hydrogen-bond acceptors (Lipinski definition) is 5. The van der Waals surface area contributed by atoms with Crippen molar-refractivity contribution in [1.29, 1.82) is 5.26 Å². The Morgan fingerprint density at radius 1 is 1.27 bits per heavy atom. The van der Waals surface area contributed by atoms with Crippen LogP contribution >= 0.6 is 0 Å². The molecular formula is C20H20N4O2. The molecule has 0 radical (unpaired) electrons. The minimum atomic E-state index is -0.957. The van der Waals surface area contributed by atoms with Gasteiger partial charge in [0, 0.05) is 30.8 Å². The summed E-state index contributed by atoms with van der Waals surface area (Å²) in [6.45, 7) is 4.89. The third-order valence-electron chi connectivity index (χ3n) is 4.46. The van der Waals surface area contributed by atoms with Crippen LogP contribution in [-0.4, -0.2) is 33.1 Å². The molecule has 1 aromatic carbocycles. The van der Waals surface area contributed by atoms with E-state index in [4.69, 9.17) is 0 Å². The molecule has 26 heavy (non-hydrogen) atoms.